The van der Waals surface area contributed by atoms with Gasteiger partial charge in [-0.3, -0.25) is 10.3 Å². The molecule has 0 atom stereocenters. The molecule has 0 aliphatic carbocycles. The summed E-state index contributed by atoms with van der Waals surface area (Å²) in [5.74, 6) is 0.418. The zero-order chi connectivity index (χ0) is 30.3. The van der Waals surface area contributed by atoms with Crippen LogP contribution in [0.3, 0.4) is 0 Å². The van der Waals surface area contributed by atoms with Crippen molar-refractivity contribution in [2.45, 2.75) is 29.7 Å². The number of benzene rings is 3. The average molecular weight is 614 g/mol. The molecule has 0 unspecified atom stereocenters. The van der Waals surface area contributed by atoms with E-state index in [0.717, 1.165) is 39.1 Å². The van der Waals surface area contributed by atoms with Crippen LogP contribution in [0.1, 0.15) is 24.5 Å². The summed E-state index contributed by atoms with van der Waals surface area (Å²) in [4.78, 5) is 17.0. The minimum atomic E-state index is -3.87. The number of hydrogen-bond donors (Lipinski definition) is 5. The van der Waals surface area contributed by atoms with E-state index in [-0.39, 0.29) is 16.3 Å². The Morgan fingerprint density at radius 2 is 1.48 bits per heavy atom. The van der Waals surface area contributed by atoms with E-state index in [9.17, 15) is 21.6 Å². The number of carbonyl (C=O) groups is 1. The van der Waals surface area contributed by atoms with Crippen molar-refractivity contribution in [3.05, 3.63) is 83.9 Å². The maximum Gasteiger partial charge on any atom is 0.323 e. The molecule has 0 bridgehead atoms. The first-order chi connectivity index (χ1) is 19.9. The fourth-order valence-corrected chi connectivity index (χ4v) is 6.04. The summed E-state index contributed by atoms with van der Waals surface area (Å²) in [7, 11) is -7.70. The van der Waals surface area contributed by atoms with Crippen molar-refractivity contribution in [1.82, 2.24) is 14.5 Å². The number of primary sulfonamides is 1. The minimum Gasteiger partial charge on any atom is -0.354 e. The Morgan fingerprint density at radius 3 is 2.10 bits per heavy atom. The van der Waals surface area contributed by atoms with Crippen LogP contribution < -0.4 is 20.5 Å². The lowest BCUT2D eigenvalue weighted by molar-refractivity contribution is 0.182. The highest BCUT2D eigenvalue weighted by atomic mass is 32.2. The van der Waals surface area contributed by atoms with Crippen LogP contribution >= 0.6 is 0 Å². The van der Waals surface area contributed by atoms with E-state index in [2.05, 4.69) is 27.2 Å². The molecule has 0 spiro atoms. The van der Waals surface area contributed by atoms with E-state index in [4.69, 9.17) is 10.5 Å². The van der Waals surface area contributed by atoms with Crippen LogP contribution in [-0.4, -0.2) is 71.2 Å². The van der Waals surface area contributed by atoms with Gasteiger partial charge in [0.15, 0.2) is 0 Å². The van der Waals surface area contributed by atoms with E-state index in [1.165, 1.54) is 48.5 Å². The normalized spacial score (nSPS) is 14.4. The molecule has 12 nitrogen and oxygen atoms in total. The van der Waals surface area contributed by atoms with Crippen molar-refractivity contribution in [2.75, 3.05) is 43.4 Å². The number of hydrogen-bond acceptors (Lipinski definition) is 7. The van der Waals surface area contributed by atoms with Gasteiger partial charge < -0.3 is 15.5 Å². The number of urea groups is 1. The van der Waals surface area contributed by atoms with Gasteiger partial charge in [0, 0.05) is 49.7 Å². The first-order valence-electron chi connectivity index (χ1n) is 13.4. The number of carbonyl (C=O) groups excluding carboxylic acids is 1. The van der Waals surface area contributed by atoms with Gasteiger partial charge in [-0.15, -0.1) is 0 Å². The molecule has 3 aromatic carbocycles. The number of sulfonamides is 2. The van der Waals surface area contributed by atoms with Gasteiger partial charge in [0.05, 0.1) is 9.79 Å². The standard InChI is InChI=1S/C28H35N7O5S2/c1-2-14-34-15-17-35(18-16-34)27(29)22-4-3-5-24(19-22)33-28(36)32-23-8-12-26(13-9-23)42(39,40)31-20-21-6-10-25(11-7-21)41(30,37)38/h3-13,19,29,31H,2,14-18,20H2,1H3,(H2,30,37,38)(H2,32,33,36). The average Bonchev–Trinajstić information content (AvgIpc) is 2.96. The van der Waals surface area contributed by atoms with E-state index in [1.54, 1.807) is 18.2 Å². The number of amides is 2. The molecule has 2 amide bonds. The van der Waals surface area contributed by atoms with Gasteiger partial charge in [0.2, 0.25) is 20.0 Å². The molecule has 1 aliphatic heterocycles. The van der Waals surface area contributed by atoms with Gasteiger partial charge in [0.25, 0.3) is 0 Å². The molecule has 0 saturated carbocycles. The third kappa shape index (κ3) is 8.36. The van der Waals surface area contributed by atoms with Crippen LogP contribution in [-0.2, 0) is 26.6 Å². The number of nitrogens with one attached hydrogen (secondary N) is 4. The summed E-state index contributed by atoms with van der Waals surface area (Å²) >= 11 is 0. The highest BCUT2D eigenvalue weighted by Gasteiger charge is 2.20. The monoisotopic (exact) mass is 613 g/mol. The lowest BCUT2D eigenvalue weighted by Crippen LogP contribution is -2.48. The molecule has 1 heterocycles. The summed E-state index contributed by atoms with van der Waals surface area (Å²) in [5.41, 5.74) is 2.17. The minimum absolute atomic E-state index is 0.00337. The summed E-state index contributed by atoms with van der Waals surface area (Å²) in [6, 6.07) is 17.8. The van der Waals surface area contributed by atoms with Gasteiger partial charge in [-0.25, -0.2) is 31.5 Å². The molecule has 14 heteroatoms. The molecule has 4 rings (SSSR count). The molecule has 0 radical (unpaired) electrons. The Kier molecular flexibility index (Phi) is 9.96. The topological polar surface area (TPSA) is 178 Å². The second kappa shape index (κ2) is 13.4. The molecule has 1 saturated heterocycles. The number of anilines is 2. The van der Waals surface area contributed by atoms with Crippen LogP contribution in [0.4, 0.5) is 16.2 Å². The van der Waals surface area contributed by atoms with Crippen molar-refractivity contribution >= 4 is 43.3 Å². The maximum absolute atomic E-state index is 12.7. The van der Waals surface area contributed by atoms with E-state index in [0.29, 0.717) is 28.3 Å². The van der Waals surface area contributed by atoms with Crippen molar-refractivity contribution in [1.29, 1.82) is 5.41 Å². The van der Waals surface area contributed by atoms with Crippen molar-refractivity contribution in [3.63, 3.8) is 0 Å². The van der Waals surface area contributed by atoms with Crippen LogP contribution in [0, 0.1) is 5.41 Å². The first-order valence-corrected chi connectivity index (χ1v) is 16.4. The van der Waals surface area contributed by atoms with Crippen LogP contribution in [0.2, 0.25) is 0 Å². The zero-order valence-corrected chi connectivity index (χ0v) is 24.8. The molecule has 42 heavy (non-hydrogen) atoms. The summed E-state index contributed by atoms with van der Waals surface area (Å²) in [6.45, 7) is 6.58. The van der Waals surface area contributed by atoms with Crippen molar-refractivity contribution in [2.24, 2.45) is 5.14 Å². The van der Waals surface area contributed by atoms with Gasteiger partial charge in [-0.05, 0) is 67.1 Å². The first kappa shape index (κ1) is 31.1. The fraction of sp³-hybridized carbons (Fsp3) is 0.286. The Labute approximate surface area is 246 Å². The lowest BCUT2D eigenvalue weighted by atomic mass is 10.1. The zero-order valence-electron chi connectivity index (χ0n) is 23.2. The second-order valence-electron chi connectivity index (χ2n) is 9.88. The quantitative estimate of drug-likeness (QED) is 0.172. The molecular weight excluding hydrogens is 578 g/mol. The predicted octanol–water partition coefficient (Wildman–Crippen LogP) is 2.81. The number of amidine groups is 1. The predicted molar refractivity (Wildman–Crippen MR) is 162 cm³/mol. The number of rotatable bonds is 10. The van der Waals surface area contributed by atoms with Gasteiger partial charge in [-0.2, -0.15) is 0 Å². The van der Waals surface area contributed by atoms with E-state index >= 15 is 0 Å². The number of nitrogens with zero attached hydrogens (tertiary/aromatic N) is 2. The summed E-state index contributed by atoms with van der Waals surface area (Å²) < 4.78 is 50.6. The van der Waals surface area contributed by atoms with Gasteiger partial charge >= 0.3 is 6.03 Å². The van der Waals surface area contributed by atoms with Gasteiger partial charge in [-0.1, -0.05) is 31.2 Å². The van der Waals surface area contributed by atoms with Crippen molar-refractivity contribution in [3.8, 4) is 0 Å². The number of piperazine rings is 1. The molecule has 3 aromatic rings. The van der Waals surface area contributed by atoms with Crippen LogP contribution in [0.5, 0.6) is 0 Å². The lowest BCUT2D eigenvalue weighted by Gasteiger charge is -2.36. The Morgan fingerprint density at radius 1 is 0.857 bits per heavy atom. The molecular formula is C28H35N7O5S2. The molecule has 6 N–H and O–H groups in total. The Hall–Kier alpha value is -3.82. The molecule has 0 aromatic heterocycles. The van der Waals surface area contributed by atoms with Crippen LogP contribution in [0.25, 0.3) is 0 Å². The summed E-state index contributed by atoms with van der Waals surface area (Å²) in [6.07, 6.45) is 1.11. The molecule has 1 fully saturated rings. The third-order valence-corrected chi connectivity index (χ3v) is 9.11. The number of nitrogens with two attached hydrogens (primary N) is 1. The van der Waals surface area contributed by atoms with Crippen LogP contribution in [0.15, 0.2) is 82.6 Å². The smallest absolute Gasteiger partial charge is 0.323 e. The van der Waals surface area contributed by atoms with Crippen molar-refractivity contribution < 1.29 is 21.6 Å². The SMILES string of the molecule is CCCN1CCN(C(=N)c2cccc(NC(=O)Nc3ccc(S(=O)(=O)NCc4ccc(S(N)(=O)=O)cc4)cc3)c2)CC1. The second-order valence-corrected chi connectivity index (χ2v) is 13.2. The Balaban J connectivity index is 1.30. The maximum atomic E-state index is 12.7. The summed E-state index contributed by atoms with van der Waals surface area (Å²) in [5, 5.41) is 19.1. The van der Waals surface area contributed by atoms with E-state index in [1.807, 2.05) is 11.0 Å². The molecule has 1 aliphatic rings. The molecule has 224 valence electrons. The highest BCUT2D eigenvalue weighted by molar-refractivity contribution is 7.89. The highest BCUT2D eigenvalue weighted by Crippen LogP contribution is 2.18. The van der Waals surface area contributed by atoms with Gasteiger partial charge in [0.1, 0.15) is 5.84 Å². The Bertz CT molecular complexity index is 1620. The fourth-order valence-electron chi connectivity index (χ4n) is 4.51. The van der Waals surface area contributed by atoms with E-state index < -0.39 is 26.1 Å². The largest absolute Gasteiger partial charge is 0.354 e. The third-order valence-electron chi connectivity index (χ3n) is 6.76.